The van der Waals surface area contributed by atoms with Crippen molar-refractivity contribution in [1.29, 1.82) is 0 Å². The Morgan fingerprint density at radius 3 is 2.53 bits per heavy atom. The Morgan fingerprint density at radius 2 is 2.00 bits per heavy atom. The van der Waals surface area contributed by atoms with Crippen molar-refractivity contribution >= 4 is 11.6 Å². The molecule has 0 aliphatic carbocycles. The highest BCUT2D eigenvalue weighted by Gasteiger charge is 2.33. The molecule has 2 aromatic heterocycles. The SMILES string of the molecule is Cc1cc(Cl)nc(-n2ccc(C(F)(F)F)n2)n1. The Hall–Kier alpha value is -1.63. The summed E-state index contributed by atoms with van der Waals surface area (Å²) in [5.41, 5.74) is -0.456. The van der Waals surface area contributed by atoms with E-state index in [1.807, 2.05) is 0 Å². The minimum atomic E-state index is -4.49. The van der Waals surface area contributed by atoms with E-state index in [-0.39, 0.29) is 11.1 Å². The molecule has 0 aliphatic heterocycles. The van der Waals surface area contributed by atoms with E-state index < -0.39 is 11.9 Å². The molecule has 4 nitrogen and oxygen atoms in total. The van der Waals surface area contributed by atoms with E-state index in [0.717, 1.165) is 16.9 Å². The fourth-order valence-electron chi connectivity index (χ4n) is 1.20. The predicted octanol–water partition coefficient (Wildman–Crippen LogP) is 2.64. The first-order valence-electron chi connectivity index (χ1n) is 4.51. The van der Waals surface area contributed by atoms with Gasteiger partial charge >= 0.3 is 6.18 Å². The van der Waals surface area contributed by atoms with Gasteiger partial charge in [0.25, 0.3) is 5.95 Å². The third-order valence-corrected chi connectivity index (χ3v) is 2.09. The first kappa shape index (κ1) is 11.8. The molecular formula is C9H6ClF3N4. The first-order valence-corrected chi connectivity index (χ1v) is 4.88. The average Bonchev–Trinajstić information content (AvgIpc) is 2.63. The van der Waals surface area contributed by atoms with Crippen LogP contribution in [0.1, 0.15) is 11.4 Å². The number of hydrogen-bond acceptors (Lipinski definition) is 3. The number of rotatable bonds is 1. The van der Waals surface area contributed by atoms with Crippen LogP contribution in [-0.2, 0) is 6.18 Å². The summed E-state index contributed by atoms with van der Waals surface area (Å²) in [6.45, 7) is 1.66. The topological polar surface area (TPSA) is 43.6 Å². The van der Waals surface area contributed by atoms with Crippen LogP contribution in [0.3, 0.4) is 0 Å². The summed E-state index contributed by atoms with van der Waals surface area (Å²) in [4.78, 5) is 7.72. The van der Waals surface area contributed by atoms with Gasteiger partial charge in [0.1, 0.15) is 5.15 Å². The number of aromatic nitrogens is 4. The van der Waals surface area contributed by atoms with E-state index in [1.54, 1.807) is 6.92 Å². The molecule has 2 rings (SSSR count). The molecule has 0 atom stereocenters. The van der Waals surface area contributed by atoms with Crippen LogP contribution in [-0.4, -0.2) is 19.7 Å². The van der Waals surface area contributed by atoms with E-state index in [0.29, 0.717) is 5.69 Å². The molecule has 0 bridgehead atoms. The summed E-state index contributed by atoms with van der Waals surface area (Å²) in [6, 6.07) is 2.35. The van der Waals surface area contributed by atoms with Gasteiger partial charge in [0, 0.05) is 11.9 Å². The number of hydrogen-bond donors (Lipinski definition) is 0. The maximum absolute atomic E-state index is 12.3. The molecular weight excluding hydrogens is 257 g/mol. The van der Waals surface area contributed by atoms with Crippen molar-refractivity contribution in [2.45, 2.75) is 13.1 Å². The predicted molar refractivity (Wildman–Crippen MR) is 53.9 cm³/mol. The fraction of sp³-hybridized carbons (Fsp3) is 0.222. The molecule has 0 fully saturated rings. The summed E-state index contributed by atoms with van der Waals surface area (Å²) in [6.07, 6.45) is -3.35. The molecule has 2 aromatic rings. The summed E-state index contributed by atoms with van der Waals surface area (Å²) in [5, 5.41) is 3.49. The molecule has 0 saturated heterocycles. The Labute approximate surface area is 99.1 Å². The lowest BCUT2D eigenvalue weighted by atomic mass is 10.4. The molecule has 0 spiro atoms. The molecule has 0 N–H and O–H groups in total. The molecule has 0 amide bonds. The normalized spacial score (nSPS) is 11.8. The van der Waals surface area contributed by atoms with Crippen molar-refractivity contribution in [3.05, 3.63) is 34.9 Å². The molecule has 0 radical (unpaired) electrons. The van der Waals surface area contributed by atoms with Gasteiger partial charge in [0.15, 0.2) is 5.69 Å². The summed E-state index contributed by atoms with van der Waals surface area (Å²) in [7, 11) is 0. The van der Waals surface area contributed by atoms with Crippen LogP contribution in [0.25, 0.3) is 5.95 Å². The van der Waals surface area contributed by atoms with Crippen LogP contribution in [0.15, 0.2) is 18.3 Å². The van der Waals surface area contributed by atoms with Gasteiger partial charge < -0.3 is 0 Å². The largest absolute Gasteiger partial charge is 0.435 e. The second kappa shape index (κ2) is 3.99. The second-order valence-corrected chi connectivity index (χ2v) is 3.66. The second-order valence-electron chi connectivity index (χ2n) is 3.28. The van der Waals surface area contributed by atoms with Crippen LogP contribution < -0.4 is 0 Å². The van der Waals surface area contributed by atoms with Gasteiger partial charge in [-0.25, -0.2) is 9.67 Å². The van der Waals surface area contributed by atoms with Gasteiger partial charge in [-0.2, -0.15) is 23.3 Å². The van der Waals surface area contributed by atoms with E-state index >= 15 is 0 Å². The lowest BCUT2D eigenvalue weighted by Gasteiger charge is -2.02. The Kier molecular flexibility index (Phi) is 2.78. The molecule has 0 aromatic carbocycles. The van der Waals surface area contributed by atoms with Crippen molar-refractivity contribution < 1.29 is 13.2 Å². The van der Waals surface area contributed by atoms with Gasteiger partial charge in [-0.3, -0.25) is 0 Å². The molecule has 0 unspecified atom stereocenters. The quantitative estimate of drug-likeness (QED) is 0.742. The van der Waals surface area contributed by atoms with Crippen molar-refractivity contribution in [2.75, 3.05) is 0 Å². The molecule has 8 heteroatoms. The maximum atomic E-state index is 12.3. The van der Waals surface area contributed by atoms with Gasteiger partial charge in [-0.15, -0.1) is 0 Å². The number of nitrogens with zero attached hydrogens (tertiary/aromatic N) is 4. The smallest absolute Gasteiger partial charge is 0.216 e. The van der Waals surface area contributed by atoms with Gasteiger partial charge in [0.05, 0.1) is 0 Å². The zero-order valence-corrected chi connectivity index (χ0v) is 9.29. The van der Waals surface area contributed by atoms with Crippen LogP contribution >= 0.6 is 11.6 Å². The van der Waals surface area contributed by atoms with E-state index in [9.17, 15) is 13.2 Å². The van der Waals surface area contributed by atoms with Gasteiger partial charge in [-0.1, -0.05) is 11.6 Å². The van der Waals surface area contributed by atoms with Crippen LogP contribution in [0.4, 0.5) is 13.2 Å². The molecule has 17 heavy (non-hydrogen) atoms. The summed E-state index contributed by atoms with van der Waals surface area (Å²) in [5.74, 6) is 0.00509. The number of alkyl halides is 3. The van der Waals surface area contributed by atoms with E-state index in [2.05, 4.69) is 15.1 Å². The van der Waals surface area contributed by atoms with Crippen LogP contribution in [0.5, 0.6) is 0 Å². The number of aryl methyl sites for hydroxylation is 1. The van der Waals surface area contributed by atoms with Crippen molar-refractivity contribution in [3.63, 3.8) is 0 Å². The van der Waals surface area contributed by atoms with Crippen LogP contribution in [0.2, 0.25) is 5.15 Å². The standard InChI is InChI=1S/C9H6ClF3N4/c1-5-4-7(10)15-8(14-5)17-3-2-6(16-17)9(11,12)13/h2-4H,1H3. The fourth-order valence-corrected chi connectivity index (χ4v) is 1.44. The molecule has 0 aliphatic rings. The van der Waals surface area contributed by atoms with Crippen molar-refractivity contribution in [1.82, 2.24) is 19.7 Å². The Balaban J connectivity index is 2.44. The highest BCUT2D eigenvalue weighted by molar-refractivity contribution is 6.29. The Bertz CT molecular complexity index is 529. The monoisotopic (exact) mass is 262 g/mol. The third-order valence-electron chi connectivity index (χ3n) is 1.90. The lowest BCUT2D eigenvalue weighted by molar-refractivity contribution is -0.141. The molecule has 2 heterocycles. The lowest BCUT2D eigenvalue weighted by Crippen LogP contribution is -2.09. The van der Waals surface area contributed by atoms with E-state index in [1.165, 1.54) is 6.07 Å². The zero-order chi connectivity index (χ0) is 12.6. The van der Waals surface area contributed by atoms with Gasteiger partial charge in [0.2, 0.25) is 0 Å². The minimum absolute atomic E-state index is 0.00509. The maximum Gasteiger partial charge on any atom is 0.435 e. The molecule has 0 saturated carbocycles. The minimum Gasteiger partial charge on any atom is -0.216 e. The summed E-state index contributed by atoms with van der Waals surface area (Å²) < 4.78 is 37.9. The average molecular weight is 263 g/mol. The zero-order valence-electron chi connectivity index (χ0n) is 8.53. The summed E-state index contributed by atoms with van der Waals surface area (Å²) >= 11 is 5.68. The molecule has 90 valence electrons. The highest BCUT2D eigenvalue weighted by Crippen LogP contribution is 2.27. The van der Waals surface area contributed by atoms with Crippen molar-refractivity contribution in [3.8, 4) is 5.95 Å². The first-order chi connectivity index (χ1) is 7.86. The van der Waals surface area contributed by atoms with Crippen LogP contribution in [0, 0.1) is 6.92 Å². The van der Waals surface area contributed by atoms with Crippen molar-refractivity contribution in [2.24, 2.45) is 0 Å². The Morgan fingerprint density at radius 1 is 1.29 bits per heavy atom. The van der Waals surface area contributed by atoms with E-state index in [4.69, 9.17) is 11.6 Å². The highest BCUT2D eigenvalue weighted by atomic mass is 35.5. The third kappa shape index (κ3) is 2.55. The van der Waals surface area contributed by atoms with Gasteiger partial charge in [-0.05, 0) is 19.1 Å². The number of halogens is 4.